The van der Waals surface area contributed by atoms with Crippen molar-refractivity contribution in [2.45, 2.75) is 19.4 Å². The number of amides is 1. The minimum atomic E-state index is 0.111. The number of thiazole rings is 1. The van der Waals surface area contributed by atoms with Crippen LogP contribution in [0.1, 0.15) is 18.5 Å². The van der Waals surface area contributed by atoms with E-state index < -0.39 is 0 Å². The highest BCUT2D eigenvalue weighted by Gasteiger charge is 2.27. The van der Waals surface area contributed by atoms with E-state index >= 15 is 0 Å². The Kier molecular flexibility index (Phi) is 5.71. The van der Waals surface area contributed by atoms with Crippen LogP contribution in [-0.2, 0) is 11.3 Å². The van der Waals surface area contributed by atoms with Gasteiger partial charge < -0.3 is 9.64 Å². The highest BCUT2D eigenvalue weighted by Crippen LogP contribution is 2.28. The zero-order valence-electron chi connectivity index (χ0n) is 15.1. The number of methoxy groups -OCH3 is 1. The molecule has 25 heavy (non-hydrogen) atoms. The summed E-state index contributed by atoms with van der Waals surface area (Å²) >= 11 is 1.65. The Morgan fingerprint density at radius 1 is 1.44 bits per heavy atom. The summed E-state index contributed by atoms with van der Waals surface area (Å²) in [7, 11) is 5.35. The summed E-state index contributed by atoms with van der Waals surface area (Å²) in [6.45, 7) is 2.66. The number of rotatable bonds is 5. The summed E-state index contributed by atoms with van der Waals surface area (Å²) in [5.41, 5.74) is 2.15. The molecule has 1 unspecified atom stereocenters. The summed E-state index contributed by atoms with van der Waals surface area (Å²) in [5, 5.41) is 3.12. The molecule has 1 aliphatic heterocycles. The van der Waals surface area contributed by atoms with E-state index in [9.17, 15) is 4.79 Å². The fourth-order valence-electron chi connectivity index (χ4n) is 3.26. The Hall–Kier alpha value is -1.92. The molecular weight excluding hydrogens is 334 g/mol. The lowest BCUT2D eigenvalue weighted by Crippen LogP contribution is -2.42. The molecular formula is C19H25N3O2S. The van der Waals surface area contributed by atoms with Gasteiger partial charge in [0, 0.05) is 38.1 Å². The third-order valence-electron chi connectivity index (χ3n) is 4.55. The van der Waals surface area contributed by atoms with Gasteiger partial charge in [0.25, 0.3) is 0 Å². The second-order valence-corrected chi connectivity index (χ2v) is 7.54. The summed E-state index contributed by atoms with van der Waals surface area (Å²) in [5.74, 6) is 1.19. The minimum Gasteiger partial charge on any atom is -0.497 e. The van der Waals surface area contributed by atoms with Gasteiger partial charge >= 0.3 is 0 Å². The van der Waals surface area contributed by atoms with E-state index in [4.69, 9.17) is 9.72 Å². The summed E-state index contributed by atoms with van der Waals surface area (Å²) in [4.78, 5) is 21.1. The number of carbonyl (C=O) groups is 1. The first-order valence-corrected chi connectivity index (χ1v) is 9.47. The van der Waals surface area contributed by atoms with Gasteiger partial charge in [-0.25, -0.2) is 4.98 Å². The molecule has 0 spiro atoms. The smallest absolute Gasteiger partial charge is 0.226 e. The van der Waals surface area contributed by atoms with Crippen LogP contribution in [0.3, 0.4) is 0 Å². The Morgan fingerprint density at radius 3 is 3.04 bits per heavy atom. The van der Waals surface area contributed by atoms with Gasteiger partial charge in [0.1, 0.15) is 10.8 Å². The van der Waals surface area contributed by atoms with Crippen molar-refractivity contribution in [3.63, 3.8) is 0 Å². The van der Waals surface area contributed by atoms with E-state index in [0.29, 0.717) is 0 Å². The van der Waals surface area contributed by atoms with Crippen molar-refractivity contribution >= 4 is 17.2 Å². The maximum atomic E-state index is 12.2. The van der Waals surface area contributed by atoms with Gasteiger partial charge in [0.05, 0.1) is 18.7 Å². The molecule has 0 saturated carbocycles. The number of likely N-dealkylation sites (tertiary alicyclic amines) is 1. The van der Waals surface area contributed by atoms with Crippen LogP contribution in [0, 0.1) is 5.92 Å². The SMILES string of the molecule is COc1cccc(-c2nc(CN3CCCC(C(=O)N(C)C)C3)cs2)c1. The van der Waals surface area contributed by atoms with Crippen LogP contribution < -0.4 is 4.74 Å². The van der Waals surface area contributed by atoms with Crippen molar-refractivity contribution in [2.24, 2.45) is 5.92 Å². The molecule has 1 aliphatic rings. The number of carbonyl (C=O) groups excluding carboxylic acids is 1. The molecule has 1 aromatic heterocycles. The first-order chi connectivity index (χ1) is 12.1. The van der Waals surface area contributed by atoms with E-state index in [0.717, 1.165) is 54.5 Å². The van der Waals surface area contributed by atoms with Crippen LogP contribution in [0.15, 0.2) is 29.6 Å². The standard InChI is InChI=1S/C19H25N3O2S/c1-21(2)19(23)15-7-5-9-22(11-15)12-16-13-25-18(20-16)14-6-4-8-17(10-14)24-3/h4,6,8,10,13,15H,5,7,9,11-12H2,1-3H3. The number of aromatic nitrogens is 1. The Labute approximate surface area is 153 Å². The highest BCUT2D eigenvalue weighted by atomic mass is 32.1. The van der Waals surface area contributed by atoms with Crippen LogP contribution >= 0.6 is 11.3 Å². The van der Waals surface area contributed by atoms with E-state index in [1.54, 1.807) is 23.3 Å². The molecule has 0 aliphatic carbocycles. The molecule has 134 valence electrons. The number of benzene rings is 1. The van der Waals surface area contributed by atoms with Gasteiger partial charge in [-0.15, -0.1) is 11.3 Å². The number of hydrogen-bond acceptors (Lipinski definition) is 5. The predicted molar refractivity (Wildman–Crippen MR) is 101 cm³/mol. The Bertz CT molecular complexity index is 729. The molecule has 6 heteroatoms. The van der Waals surface area contributed by atoms with E-state index in [2.05, 4.69) is 16.3 Å². The van der Waals surface area contributed by atoms with Crippen molar-refractivity contribution in [2.75, 3.05) is 34.3 Å². The van der Waals surface area contributed by atoms with E-state index in [1.165, 1.54) is 0 Å². The second kappa shape index (κ2) is 7.97. The normalized spacial score (nSPS) is 18.1. The topological polar surface area (TPSA) is 45.7 Å². The monoisotopic (exact) mass is 359 g/mol. The molecule has 0 radical (unpaired) electrons. The van der Waals surface area contributed by atoms with E-state index in [-0.39, 0.29) is 11.8 Å². The quantitative estimate of drug-likeness (QED) is 0.823. The molecule has 1 amide bonds. The van der Waals surface area contributed by atoms with Crippen LogP contribution in [0.4, 0.5) is 0 Å². The average molecular weight is 359 g/mol. The zero-order valence-corrected chi connectivity index (χ0v) is 15.9. The van der Waals surface area contributed by atoms with Crippen LogP contribution in [-0.4, -0.2) is 55.0 Å². The second-order valence-electron chi connectivity index (χ2n) is 6.68. The Balaban J connectivity index is 1.65. The minimum absolute atomic E-state index is 0.111. The van der Waals surface area contributed by atoms with Crippen molar-refractivity contribution in [1.29, 1.82) is 0 Å². The van der Waals surface area contributed by atoms with Crippen LogP contribution in [0.2, 0.25) is 0 Å². The summed E-state index contributed by atoms with van der Waals surface area (Å²) in [6, 6.07) is 7.98. The largest absolute Gasteiger partial charge is 0.497 e. The van der Waals surface area contributed by atoms with Crippen LogP contribution in [0.25, 0.3) is 10.6 Å². The number of piperidine rings is 1. The number of nitrogens with zero attached hydrogens (tertiary/aromatic N) is 3. The zero-order chi connectivity index (χ0) is 17.8. The van der Waals surface area contributed by atoms with Crippen LogP contribution in [0.5, 0.6) is 5.75 Å². The van der Waals surface area contributed by atoms with Gasteiger partial charge in [-0.1, -0.05) is 12.1 Å². The third kappa shape index (κ3) is 4.38. The fraction of sp³-hybridized carbons (Fsp3) is 0.474. The highest BCUT2D eigenvalue weighted by molar-refractivity contribution is 7.13. The first-order valence-electron chi connectivity index (χ1n) is 8.59. The molecule has 2 heterocycles. The molecule has 1 fully saturated rings. The van der Waals surface area contributed by atoms with Gasteiger partial charge in [-0.2, -0.15) is 0 Å². The first kappa shape index (κ1) is 17.9. The van der Waals surface area contributed by atoms with Gasteiger partial charge in [0.2, 0.25) is 5.91 Å². The van der Waals surface area contributed by atoms with Gasteiger partial charge in [-0.05, 0) is 31.5 Å². The maximum absolute atomic E-state index is 12.2. The third-order valence-corrected chi connectivity index (χ3v) is 5.49. The molecule has 0 bridgehead atoms. The van der Waals surface area contributed by atoms with Crippen molar-refractivity contribution in [3.8, 4) is 16.3 Å². The van der Waals surface area contributed by atoms with E-state index in [1.807, 2.05) is 32.3 Å². The summed E-state index contributed by atoms with van der Waals surface area (Å²) < 4.78 is 5.29. The molecule has 1 saturated heterocycles. The lowest BCUT2D eigenvalue weighted by atomic mass is 9.96. The number of ether oxygens (including phenoxy) is 1. The lowest BCUT2D eigenvalue weighted by Gasteiger charge is -2.32. The van der Waals surface area contributed by atoms with Crippen molar-refractivity contribution in [3.05, 3.63) is 35.3 Å². The predicted octanol–water partition coefficient (Wildman–Crippen LogP) is 3.12. The molecule has 2 aromatic rings. The Morgan fingerprint density at radius 2 is 2.28 bits per heavy atom. The number of hydrogen-bond donors (Lipinski definition) is 0. The molecule has 1 atom stereocenters. The lowest BCUT2D eigenvalue weighted by molar-refractivity contribution is -0.134. The maximum Gasteiger partial charge on any atom is 0.226 e. The fourth-order valence-corrected chi connectivity index (χ4v) is 4.07. The molecule has 1 aromatic carbocycles. The van der Waals surface area contributed by atoms with Gasteiger partial charge in [0.15, 0.2) is 0 Å². The molecule has 0 N–H and O–H groups in total. The van der Waals surface area contributed by atoms with Crippen molar-refractivity contribution in [1.82, 2.24) is 14.8 Å². The average Bonchev–Trinajstić information content (AvgIpc) is 3.09. The molecule has 5 nitrogen and oxygen atoms in total. The van der Waals surface area contributed by atoms with Crippen molar-refractivity contribution < 1.29 is 9.53 Å². The summed E-state index contributed by atoms with van der Waals surface area (Å²) in [6.07, 6.45) is 2.05. The van der Waals surface area contributed by atoms with Gasteiger partial charge in [-0.3, -0.25) is 9.69 Å². The molecule has 3 rings (SSSR count).